The Labute approximate surface area is 139 Å². The van der Waals surface area contributed by atoms with Crippen LogP contribution in [0.5, 0.6) is 11.5 Å². The van der Waals surface area contributed by atoms with Gasteiger partial charge in [0.2, 0.25) is 0 Å². The van der Waals surface area contributed by atoms with Crippen molar-refractivity contribution in [2.75, 3.05) is 20.8 Å². The van der Waals surface area contributed by atoms with Crippen LogP contribution >= 0.6 is 12.4 Å². The molecule has 4 rings (SSSR count). The summed E-state index contributed by atoms with van der Waals surface area (Å²) in [7, 11) is 3.56. The van der Waals surface area contributed by atoms with Crippen LogP contribution in [0.25, 0.3) is 0 Å². The molecule has 1 N–H and O–H groups in total. The average molecular weight is 324 g/mol. The molecule has 1 heterocycles. The molecule has 0 bridgehead atoms. The number of ether oxygens (including phenoxy) is 2. The summed E-state index contributed by atoms with van der Waals surface area (Å²) in [4.78, 5) is 0. The Morgan fingerprint density at radius 1 is 1.14 bits per heavy atom. The van der Waals surface area contributed by atoms with Crippen LogP contribution in [0.15, 0.2) is 6.07 Å². The molecule has 22 heavy (non-hydrogen) atoms. The number of hydrogen-bond donors (Lipinski definition) is 1. The second kappa shape index (κ2) is 5.93. The number of methoxy groups -OCH3 is 2. The van der Waals surface area contributed by atoms with Crippen LogP contribution in [0.2, 0.25) is 0 Å². The smallest absolute Gasteiger partial charge is 0.164 e. The van der Waals surface area contributed by atoms with Crippen LogP contribution in [0.3, 0.4) is 0 Å². The van der Waals surface area contributed by atoms with Crippen molar-refractivity contribution in [3.8, 4) is 11.5 Å². The summed E-state index contributed by atoms with van der Waals surface area (Å²) in [5.74, 6) is 1.94. The molecule has 1 fully saturated rings. The van der Waals surface area contributed by atoms with Gasteiger partial charge in [-0.05, 0) is 61.3 Å². The van der Waals surface area contributed by atoms with E-state index in [1.165, 1.54) is 49.7 Å². The zero-order valence-corrected chi connectivity index (χ0v) is 14.4. The van der Waals surface area contributed by atoms with Crippen LogP contribution in [0.4, 0.5) is 0 Å². The first-order chi connectivity index (χ1) is 10.3. The molecule has 3 nitrogen and oxygen atoms in total. The highest BCUT2D eigenvalue weighted by Gasteiger charge is 2.46. The molecule has 0 saturated heterocycles. The predicted molar refractivity (Wildman–Crippen MR) is 90.6 cm³/mol. The monoisotopic (exact) mass is 323 g/mol. The van der Waals surface area contributed by atoms with Crippen molar-refractivity contribution in [3.63, 3.8) is 0 Å². The summed E-state index contributed by atoms with van der Waals surface area (Å²) in [6.45, 7) is 1.08. The molecule has 1 spiro atoms. The number of benzene rings is 1. The third-order valence-corrected chi connectivity index (χ3v) is 5.93. The Bertz CT molecular complexity index is 567. The molecular formula is C18H26ClNO2. The summed E-state index contributed by atoms with van der Waals surface area (Å²) < 4.78 is 11.5. The van der Waals surface area contributed by atoms with E-state index in [9.17, 15) is 0 Å². The molecule has 0 amide bonds. The van der Waals surface area contributed by atoms with E-state index in [0.717, 1.165) is 24.5 Å². The SMILES string of the molecule is COc1cc2c3c(c1OC)C1(CCCC1)CCC3NCC2.Cl. The lowest BCUT2D eigenvalue weighted by Crippen LogP contribution is -2.39. The summed E-state index contributed by atoms with van der Waals surface area (Å²) in [5, 5.41) is 3.72. The van der Waals surface area contributed by atoms with Crippen LogP contribution in [0, 0.1) is 0 Å². The third kappa shape index (κ3) is 2.13. The minimum Gasteiger partial charge on any atom is -0.493 e. The summed E-state index contributed by atoms with van der Waals surface area (Å²) in [6.07, 6.45) is 9.01. The van der Waals surface area contributed by atoms with E-state index in [1.54, 1.807) is 19.8 Å². The van der Waals surface area contributed by atoms with E-state index >= 15 is 0 Å². The van der Waals surface area contributed by atoms with Crippen LogP contribution < -0.4 is 14.8 Å². The molecule has 1 unspecified atom stereocenters. The van der Waals surface area contributed by atoms with Crippen molar-refractivity contribution in [2.45, 2.75) is 56.4 Å². The summed E-state index contributed by atoms with van der Waals surface area (Å²) in [5.41, 5.74) is 4.86. The molecule has 122 valence electrons. The molecule has 0 aromatic heterocycles. The molecule has 2 aliphatic carbocycles. The molecule has 1 aromatic rings. The van der Waals surface area contributed by atoms with Crippen LogP contribution in [-0.2, 0) is 11.8 Å². The van der Waals surface area contributed by atoms with Gasteiger partial charge in [-0.1, -0.05) is 12.8 Å². The van der Waals surface area contributed by atoms with Gasteiger partial charge in [-0.15, -0.1) is 12.4 Å². The first-order valence-electron chi connectivity index (χ1n) is 8.31. The van der Waals surface area contributed by atoms with Crippen molar-refractivity contribution in [1.82, 2.24) is 5.32 Å². The minimum absolute atomic E-state index is 0. The Hall–Kier alpha value is -0.930. The van der Waals surface area contributed by atoms with Gasteiger partial charge in [0.05, 0.1) is 14.2 Å². The summed E-state index contributed by atoms with van der Waals surface area (Å²) >= 11 is 0. The lowest BCUT2D eigenvalue weighted by Gasteiger charge is -2.44. The van der Waals surface area contributed by atoms with Gasteiger partial charge >= 0.3 is 0 Å². The van der Waals surface area contributed by atoms with Crippen molar-refractivity contribution >= 4 is 12.4 Å². The highest BCUT2D eigenvalue weighted by atomic mass is 35.5. The van der Waals surface area contributed by atoms with Gasteiger partial charge in [0.1, 0.15) is 0 Å². The second-order valence-electron chi connectivity index (χ2n) is 6.84. The van der Waals surface area contributed by atoms with Crippen LogP contribution in [-0.4, -0.2) is 20.8 Å². The fourth-order valence-electron chi connectivity index (χ4n) is 5.02. The van der Waals surface area contributed by atoms with E-state index in [2.05, 4.69) is 11.4 Å². The fourth-order valence-corrected chi connectivity index (χ4v) is 5.02. The Morgan fingerprint density at radius 2 is 1.91 bits per heavy atom. The van der Waals surface area contributed by atoms with E-state index in [0.29, 0.717) is 11.5 Å². The first-order valence-corrected chi connectivity index (χ1v) is 8.31. The van der Waals surface area contributed by atoms with E-state index in [-0.39, 0.29) is 12.4 Å². The minimum atomic E-state index is 0. The number of halogens is 1. The average Bonchev–Trinajstić information content (AvgIpc) is 2.99. The fraction of sp³-hybridized carbons (Fsp3) is 0.667. The normalized spacial score (nSPS) is 24.5. The zero-order valence-electron chi connectivity index (χ0n) is 13.5. The standard InChI is InChI=1S/C18H25NO2.ClH/c1-20-14-11-12-6-10-19-13-5-9-18(7-3-4-8-18)16(15(12)13)17(14)21-2;/h11,13,19H,3-10H2,1-2H3;1H. The van der Waals surface area contributed by atoms with E-state index in [1.807, 2.05) is 0 Å². The van der Waals surface area contributed by atoms with Crippen molar-refractivity contribution in [1.29, 1.82) is 0 Å². The van der Waals surface area contributed by atoms with Gasteiger partial charge in [-0.3, -0.25) is 0 Å². The molecule has 1 atom stereocenters. The van der Waals surface area contributed by atoms with Gasteiger partial charge in [-0.25, -0.2) is 0 Å². The third-order valence-electron chi connectivity index (χ3n) is 5.93. The van der Waals surface area contributed by atoms with Gasteiger partial charge in [0, 0.05) is 11.6 Å². The zero-order chi connectivity index (χ0) is 14.4. The molecule has 0 radical (unpaired) electrons. The van der Waals surface area contributed by atoms with E-state index < -0.39 is 0 Å². The van der Waals surface area contributed by atoms with Crippen molar-refractivity contribution in [3.05, 3.63) is 22.8 Å². The van der Waals surface area contributed by atoms with Crippen molar-refractivity contribution < 1.29 is 9.47 Å². The van der Waals surface area contributed by atoms with Gasteiger partial charge < -0.3 is 14.8 Å². The predicted octanol–water partition coefficient (Wildman–Crippen LogP) is 3.92. The number of fused-ring (bicyclic) bond motifs is 1. The maximum atomic E-state index is 5.84. The molecule has 1 aliphatic heterocycles. The number of hydrogen-bond acceptors (Lipinski definition) is 3. The van der Waals surface area contributed by atoms with Crippen molar-refractivity contribution in [2.24, 2.45) is 0 Å². The maximum Gasteiger partial charge on any atom is 0.164 e. The Balaban J connectivity index is 0.00000144. The number of rotatable bonds is 2. The second-order valence-corrected chi connectivity index (χ2v) is 6.84. The molecular weight excluding hydrogens is 298 g/mol. The number of nitrogens with one attached hydrogen (secondary N) is 1. The van der Waals surface area contributed by atoms with Crippen LogP contribution in [0.1, 0.15) is 61.3 Å². The highest BCUT2D eigenvalue weighted by molar-refractivity contribution is 5.85. The molecule has 4 heteroatoms. The first kappa shape index (κ1) is 15.9. The lowest BCUT2D eigenvalue weighted by atomic mass is 9.65. The molecule has 1 aromatic carbocycles. The highest BCUT2D eigenvalue weighted by Crippen LogP contribution is 2.57. The quantitative estimate of drug-likeness (QED) is 0.895. The summed E-state index contributed by atoms with van der Waals surface area (Å²) in [6, 6.07) is 2.74. The van der Waals surface area contributed by atoms with Gasteiger partial charge in [0.15, 0.2) is 11.5 Å². The molecule has 3 aliphatic rings. The largest absolute Gasteiger partial charge is 0.493 e. The lowest BCUT2D eigenvalue weighted by molar-refractivity contribution is 0.283. The Kier molecular flexibility index (Phi) is 4.30. The van der Waals surface area contributed by atoms with Gasteiger partial charge in [-0.2, -0.15) is 0 Å². The maximum absolute atomic E-state index is 5.84. The Morgan fingerprint density at radius 3 is 2.59 bits per heavy atom. The molecule has 1 saturated carbocycles. The van der Waals surface area contributed by atoms with Gasteiger partial charge in [0.25, 0.3) is 0 Å². The topological polar surface area (TPSA) is 30.5 Å². The van der Waals surface area contributed by atoms with E-state index in [4.69, 9.17) is 9.47 Å².